The predicted molar refractivity (Wildman–Crippen MR) is 80.6 cm³/mol. The molecule has 1 heterocycles. The molecular weight excluding hydrogens is 291 g/mol. The van der Waals surface area contributed by atoms with Crippen molar-refractivity contribution in [1.82, 2.24) is 9.80 Å². The maximum Gasteiger partial charge on any atom is 0.244 e. The molecule has 1 aliphatic rings. The zero-order valence-electron chi connectivity index (χ0n) is 12.2. The van der Waals surface area contributed by atoms with E-state index < -0.39 is 0 Å². The molecule has 2 rings (SSSR count). The van der Waals surface area contributed by atoms with Crippen LogP contribution in [-0.2, 0) is 9.59 Å². The molecule has 0 aromatic heterocycles. The molecule has 21 heavy (non-hydrogen) atoms. The summed E-state index contributed by atoms with van der Waals surface area (Å²) in [5, 5.41) is 0. The Bertz CT molecular complexity index is 519. The molecule has 0 saturated carbocycles. The van der Waals surface area contributed by atoms with Crippen LogP contribution >= 0.6 is 11.8 Å². The highest BCUT2D eigenvalue weighted by atomic mass is 32.2. The van der Waals surface area contributed by atoms with Crippen molar-refractivity contribution in [3.05, 3.63) is 30.1 Å². The van der Waals surface area contributed by atoms with E-state index in [9.17, 15) is 14.0 Å². The molecule has 1 atom stereocenters. The first-order chi connectivity index (χ1) is 9.99. The second-order valence-corrected chi connectivity index (χ2v) is 6.27. The maximum atomic E-state index is 12.8. The number of hydrogen-bond donors (Lipinski definition) is 0. The Kier molecular flexibility index (Phi) is 5.22. The minimum Gasteiger partial charge on any atom is -0.347 e. The Balaban J connectivity index is 1.93. The van der Waals surface area contributed by atoms with E-state index in [1.54, 1.807) is 31.1 Å². The quantitative estimate of drug-likeness (QED) is 0.799. The smallest absolute Gasteiger partial charge is 0.244 e. The summed E-state index contributed by atoms with van der Waals surface area (Å²) in [6, 6.07) is 5.72. The molecular formula is C15H19FN2O2S. The van der Waals surface area contributed by atoms with E-state index in [1.165, 1.54) is 28.8 Å². The van der Waals surface area contributed by atoms with E-state index in [1.807, 2.05) is 0 Å². The fourth-order valence-corrected chi connectivity index (χ4v) is 3.16. The van der Waals surface area contributed by atoms with Crippen molar-refractivity contribution in [2.24, 2.45) is 0 Å². The topological polar surface area (TPSA) is 40.6 Å². The third-order valence-corrected chi connectivity index (χ3v) is 4.47. The maximum absolute atomic E-state index is 12.8. The zero-order chi connectivity index (χ0) is 15.4. The summed E-state index contributed by atoms with van der Waals surface area (Å²) in [5.74, 6) is -0.0837. The summed E-state index contributed by atoms with van der Waals surface area (Å²) in [6.45, 7) is 0.632. The normalized spacial score (nSPS) is 17.9. The van der Waals surface area contributed by atoms with Crippen molar-refractivity contribution in [2.45, 2.75) is 23.8 Å². The molecule has 1 aromatic carbocycles. The molecule has 1 aliphatic heterocycles. The first-order valence-corrected chi connectivity index (χ1v) is 7.86. The number of thioether (sulfide) groups is 1. The molecule has 0 aliphatic carbocycles. The van der Waals surface area contributed by atoms with Gasteiger partial charge in [0.25, 0.3) is 0 Å². The number of amides is 2. The van der Waals surface area contributed by atoms with Gasteiger partial charge in [0.15, 0.2) is 0 Å². The van der Waals surface area contributed by atoms with Crippen LogP contribution in [0.25, 0.3) is 0 Å². The van der Waals surface area contributed by atoms with Gasteiger partial charge < -0.3 is 9.80 Å². The minimum atomic E-state index is -0.332. The van der Waals surface area contributed by atoms with Crippen LogP contribution < -0.4 is 0 Å². The highest BCUT2D eigenvalue weighted by Gasteiger charge is 2.34. The van der Waals surface area contributed by atoms with Gasteiger partial charge in [-0.25, -0.2) is 4.39 Å². The number of benzene rings is 1. The first kappa shape index (κ1) is 15.8. The summed E-state index contributed by atoms with van der Waals surface area (Å²) in [5.41, 5.74) is 0. The summed E-state index contributed by atoms with van der Waals surface area (Å²) in [6.07, 6.45) is 1.58. The largest absolute Gasteiger partial charge is 0.347 e. The van der Waals surface area contributed by atoms with Gasteiger partial charge in [-0.1, -0.05) is 0 Å². The number of halogens is 1. The van der Waals surface area contributed by atoms with Crippen molar-refractivity contribution in [3.63, 3.8) is 0 Å². The summed E-state index contributed by atoms with van der Waals surface area (Å²) in [7, 11) is 3.41. The van der Waals surface area contributed by atoms with Crippen LogP contribution in [-0.4, -0.2) is 54.0 Å². The Labute approximate surface area is 128 Å². The first-order valence-electron chi connectivity index (χ1n) is 6.88. The van der Waals surface area contributed by atoms with E-state index in [-0.39, 0.29) is 29.4 Å². The van der Waals surface area contributed by atoms with Gasteiger partial charge in [-0.3, -0.25) is 9.59 Å². The van der Waals surface area contributed by atoms with Crippen LogP contribution in [0, 0.1) is 5.82 Å². The van der Waals surface area contributed by atoms with Crippen LogP contribution in [0.15, 0.2) is 29.2 Å². The molecule has 2 amide bonds. The third-order valence-electron chi connectivity index (χ3n) is 3.47. The lowest BCUT2D eigenvalue weighted by Crippen LogP contribution is -2.46. The second-order valence-electron chi connectivity index (χ2n) is 5.22. The number of carbonyl (C=O) groups is 2. The van der Waals surface area contributed by atoms with Gasteiger partial charge in [0.1, 0.15) is 11.9 Å². The van der Waals surface area contributed by atoms with E-state index in [0.717, 1.165) is 17.7 Å². The Hall–Kier alpha value is -1.56. The molecule has 0 N–H and O–H groups in total. The monoisotopic (exact) mass is 310 g/mol. The van der Waals surface area contributed by atoms with Gasteiger partial charge in [-0.2, -0.15) is 0 Å². The van der Waals surface area contributed by atoms with Crippen molar-refractivity contribution in [2.75, 3.05) is 26.4 Å². The molecule has 1 saturated heterocycles. The van der Waals surface area contributed by atoms with Gasteiger partial charge >= 0.3 is 0 Å². The van der Waals surface area contributed by atoms with Gasteiger partial charge in [-0.15, -0.1) is 11.8 Å². The number of hydrogen-bond acceptors (Lipinski definition) is 3. The summed E-state index contributed by atoms with van der Waals surface area (Å²) < 4.78 is 12.8. The average molecular weight is 310 g/mol. The number of likely N-dealkylation sites (N-methyl/N-ethyl adjacent to an activating group) is 1. The number of likely N-dealkylation sites (tertiary alicyclic amines) is 1. The van der Waals surface area contributed by atoms with Crippen molar-refractivity contribution in [1.29, 1.82) is 0 Å². The van der Waals surface area contributed by atoms with Gasteiger partial charge in [-0.05, 0) is 37.1 Å². The standard InChI is InChI=1S/C15H19FN2O2S/c1-17(2)15(20)13-4-3-9-18(13)14(19)10-21-12-7-5-11(16)6-8-12/h5-8,13H,3-4,9-10H2,1-2H3. The van der Waals surface area contributed by atoms with Crippen molar-refractivity contribution >= 4 is 23.6 Å². The lowest BCUT2D eigenvalue weighted by molar-refractivity contribution is -0.140. The van der Waals surface area contributed by atoms with E-state index in [4.69, 9.17) is 0 Å². The molecule has 0 bridgehead atoms. The predicted octanol–water partition coefficient (Wildman–Crippen LogP) is 2.00. The number of carbonyl (C=O) groups excluding carboxylic acids is 2. The van der Waals surface area contributed by atoms with Crippen LogP contribution in [0.4, 0.5) is 4.39 Å². The molecule has 1 fully saturated rings. The molecule has 4 nitrogen and oxygen atoms in total. The Morgan fingerprint density at radius 2 is 2.00 bits per heavy atom. The van der Waals surface area contributed by atoms with Gasteiger partial charge in [0, 0.05) is 25.5 Å². The summed E-state index contributed by atoms with van der Waals surface area (Å²) in [4.78, 5) is 28.4. The highest BCUT2D eigenvalue weighted by Crippen LogP contribution is 2.23. The number of rotatable bonds is 4. The number of nitrogens with zero attached hydrogens (tertiary/aromatic N) is 2. The minimum absolute atomic E-state index is 0.0207. The van der Waals surface area contributed by atoms with Crippen LogP contribution in [0.1, 0.15) is 12.8 Å². The molecule has 0 radical (unpaired) electrons. The highest BCUT2D eigenvalue weighted by molar-refractivity contribution is 8.00. The molecule has 1 unspecified atom stereocenters. The van der Waals surface area contributed by atoms with Gasteiger partial charge in [0.2, 0.25) is 11.8 Å². The Morgan fingerprint density at radius 1 is 1.33 bits per heavy atom. The fourth-order valence-electron chi connectivity index (χ4n) is 2.38. The van der Waals surface area contributed by atoms with E-state index in [2.05, 4.69) is 0 Å². The average Bonchev–Trinajstić information content (AvgIpc) is 2.94. The van der Waals surface area contributed by atoms with E-state index >= 15 is 0 Å². The van der Waals surface area contributed by atoms with Gasteiger partial charge in [0.05, 0.1) is 5.75 Å². The molecule has 114 valence electrons. The van der Waals surface area contributed by atoms with E-state index in [0.29, 0.717) is 6.54 Å². The molecule has 1 aromatic rings. The third kappa shape index (κ3) is 3.97. The second kappa shape index (κ2) is 6.93. The Morgan fingerprint density at radius 3 is 2.62 bits per heavy atom. The lowest BCUT2D eigenvalue weighted by atomic mass is 10.2. The molecule has 6 heteroatoms. The van der Waals surface area contributed by atoms with Crippen molar-refractivity contribution in [3.8, 4) is 0 Å². The summed E-state index contributed by atoms with van der Waals surface area (Å²) >= 11 is 1.36. The zero-order valence-corrected chi connectivity index (χ0v) is 13.0. The lowest BCUT2D eigenvalue weighted by Gasteiger charge is -2.26. The molecule has 0 spiro atoms. The van der Waals surface area contributed by atoms with Crippen LogP contribution in [0.3, 0.4) is 0 Å². The fraction of sp³-hybridized carbons (Fsp3) is 0.467. The van der Waals surface area contributed by atoms with Crippen molar-refractivity contribution < 1.29 is 14.0 Å². The van der Waals surface area contributed by atoms with Crippen LogP contribution in [0.2, 0.25) is 0 Å². The SMILES string of the molecule is CN(C)C(=O)C1CCCN1C(=O)CSc1ccc(F)cc1. The van der Waals surface area contributed by atoms with Crippen LogP contribution in [0.5, 0.6) is 0 Å².